The molecular formula is C33H23BrClN3O6. The first-order valence-electron chi connectivity index (χ1n) is 13.5. The van der Waals surface area contributed by atoms with E-state index in [0.29, 0.717) is 51.5 Å². The number of hydrogen-bond acceptors (Lipinski definition) is 7. The van der Waals surface area contributed by atoms with Crippen molar-refractivity contribution >= 4 is 61.6 Å². The molecule has 1 N–H and O–H groups in total. The van der Waals surface area contributed by atoms with E-state index in [2.05, 4.69) is 21.0 Å². The first-order valence-corrected chi connectivity index (χ1v) is 14.6. The molecule has 0 spiro atoms. The van der Waals surface area contributed by atoms with Gasteiger partial charge in [-0.2, -0.15) is 9.78 Å². The highest BCUT2D eigenvalue weighted by atomic mass is 79.9. The van der Waals surface area contributed by atoms with E-state index in [1.807, 2.05) is 37.3 Å². The van der Waals surface area contributed by atoms with Crippen LogP contribution in [0, 0.1) is 0 Å². The highest BCUT2D eigenvalue weighted by molar-refractivity contribution is 9.10. The van der Waals surface area contributed by atoms with Crippen LogP contribution in [-0.4, -0.2) is 33.6 Å². The predicted octanol–water partition coefficient (Wildman–Crippen LogP) is 7.78. The smallest absolute Gasteiger partial charge is 0.335 e. The molecule has 11 heteroatoms. The van der Waals surface area contributed by atoms with Crippen LogP contribution in [0.5, 0.6) is 11.5 Å². The van der Waals surface area contributed by atoms with Crippen LogP contribution < -0.4 is 15.0 Å². The van der Waals surface area contributed by atoms with E-state index in [0.717, 1.165) is 9.86 Å². The summed E-state index contributed by atoms with van der Waals surface area (Å²) in [6.07, 6.45) is 1.48. The van der Waals surface area contributed by atoms with Gasteiger partial charge in [-0.05, 0) is 78.7 Å². The number of fused-ring (bicyclic) bond motifs is 2. The summed E-state index contributed by atoms with van der Waals surface area (Å²) >= 11 is 10.1. The van der Waals surface area contributed by atoms with Crippen LogP contribution in [0.15, 0.2) is 104 Å². The molecule has 0 fully saturated rings. The lowest BCUT2D eigenvalue weighted by Gasteiger charge is -2.15. The van der Waals surface area contributed by atoms with Crippen LogP contribution in [0.3, 0.4) is 0 Å². The lowest BCUT2D eigenvalue weighted by Crippen LogP contribution is -2.20. The van der Waals surface area contributed by atoms with Crippen molar-refractivity contribution in [1.29, 1.82) is 0 Å². The Labute approximate surface area is 264 Å². The van der Waals surface area contributed by atoms with Crippen LogP contribution in [0.25, 0.3) is 33.5 Å². The van der Waals surface area contributed by atoms with Gasteiger partial charge in [-0.3, -0.25) is 4.79 Å². The quantitative estimate of drug-likeness (QED) is 0.156. The second-order valence-corrected chi connectivity index (χ2v) is 11.0. The fourth-order valence-electron chi connectivity index (χ4n) is 4.65. The molecule has 2 aromatic heterocycles. The summed E-state index contributed by atoms with van der Waals surface area (Å²) in [5.41, 5.74) is 2.13. The van der Waals surface area contributed by atoms with Crippen LogP contribution in [0.1, 0.15) is 28.4 Å². The number of rotatable bonds is 9. The Kier molecular flexibility index (Phi) is 8.19. The Bertz CT molecular complexity index is 2140. The minimum Gasteiger partial charge on any atom is -0.490 e. The summed E-state index contributed by atoms with van der Waals surface area (Å²) in [7, 11) is 0. The summed E-state index contributed by atoms with van der Waals surface area (Å²) < 4.78 is 19.9. The zero-order valence-electron chi connectivity index (χ0n) is 23.2. The van der Waals surface area contributed by atoms with Gasteiger partial charge in [0, 0.05) is 9.86 Å². The molecule has 0 saturated carbocycles. The van der Waals surface area contributed by atoms with Crippen molar-refractivity contribution in [2.24, 2.45) is 5.10 Å². The molecule has 0 aliphatic rings. The van der Waals surface area contributed by atoms with Gasteiger partial charge in [0.1, 0.15) is 12.2 Å². The molecule has 0 radical (unpaired) electrons. The Balaban J connectivity index is 1.38. The average molecular weight is 673 g/mol. The van der Waals surface area contributed by atoms with Gasteiger partial charge < -0.3 is 19.0 Å². The number of halogens is 2. The second kappa shape index (κ2) is 12.4. The normalized spacial score (nSPS) is 11.4. The number of nitrogens with zero attached hydrogens (tertiary/aromatic N) is 3. The minimum atomic E-state index is -1.03. The van der Waals surface area contributed by atoms with Gasteiger partial charge >= 0.3 is 5.97 Å². The van der Waals surface area contributed by atoms with Gasteiger partial charge in [-0.15, -0.1) is 0 Å². The first-order chi connectivity index (χ1) is 21.3. The molecule has 0 atom stereocenters. The number of para-hydroxylation sites is 1. The third-order valence-electron chi connectivity index (χ3n) is 6.66. The van der Waals surface area contributed by atoms with Gasteiger partial charge in [-0.1, -0.05) is 51.8 Å². The van der Waals surface area contributed by atoms with Crippen molar-refractivity contribution in [3.05, 3.63) is 121 Å². The van der Waals surface area contributed by atoms with Crippen molar-refractivity contribution in [3.8, 4) is 23.1 Å². The maximum atomic E-state index is 13.6. The van der Waals surface area contributed by atoms with E-state index in [1.165, 1.54) is 23.0 Å². The lowest BCUT2D eigenvalue weighted by molar-refractivity contribution is 0.0696. The number of aromatic nitrogens is 2. The van der Waals surface area contributed by atoms with Gasteiger partial charge in [0.15, 0.2) is 17.3 Å². The van der Waals surface area contributed by atoms with Crippen molar-refractivity contribution < 1.29 is 23.8 Å². The van der Waals surface area contributed by atoms with Gasteiger partial charge in [0.05, 0.1) is 34.3 Å². The summed E-state index contributed by atoms with van der Waals surface area (Å²) in [6.45, 7) is 2.24. The highest BCUT2D eigenvalue weighted by Crippen LogP contribution is 2.37. The molecule has 6 rings (SSSR count). The summed E-state index contributed by atoms with van der Waals surface area (Å²) in [5, 5.41) is 15.3. The Morgan fingerprint density at radius 1 is 1.07 bits per heavy atom. The fraction of sp³-hybridized carbons (Fsp3) is 0.0909. The molecule has 0 saturated heterocycles. The number of carboxylic acids is 1. The predicted molar refractivity (Wildman–Crippen MR) is 172 cm³/mol. The molecular weight excluding hydrogens is 650 g/mol. The van der Waals surface area contributed by atoms with E-state index in [-0.39, 0.29) is 28.6 Å². The standard InChI is InChI=1S/C33H23BrClN3O6/c1-2-42-28-14-20(13-25(35)30(28)43-18-19-6-5-7-21(12-19)33(40)41)17-36-38-31(37-26-9-4-3-8-24(26)32(38)39)29-16-22-15-23(34)10-11-27(22)44-29/h3-17H,2,18H2,1H3,(H,40,41). The number of carboxylic acid groups (broad SMARTS) is 1. The summed E-state index contributed by atoms with van der Waals surface area (Å²) in [6, 6.07) is 24.2. The van der Waals surface area contributed by atoms with E-state index in [1.54, 1.807) is 42.5 Å². The summed E-state index contributed by atoms with van der Waals surface area (Å²) in [4.78, 5) is 29.7. The molecule has 0 aliphatic heterocycles. The van der Waals surface area contributed by atoms with E-state index < -0.39 is 5.97 Å². The lowest BCUT2D eigenvalue weighted by atomic mass is 10.1. The fourth-order valence-corrected chi connectivity index (χ4v) is 5.31. The van der Waals surface area contributed by atoms with E-state index in [9.17, 15) is 14.7 Å². The number of benzene rings is 4. The average Bonchev–Trinajstić information content (AvgIpc) is 3.43. The van der Waals surface area contributed by atoms with Crippen LogP contribution >= 0.6 is 27.5 Å². The third-order valence-corrected chi connectivity index (χ3v) is 7.44. The monoisotopic (exact) mass is 671 g/mol. The number of aromatic carboxylic acids is 1. The zero-order chi connectivity index (χ0) is 30.8. The summed E-state index contributed by atoms with van der Waals surface area (Å²) in [5.74, 6) is 0.243. The Morgan fingerprint density at radius 3 is 2.73 bits per heavy atom. The molecule has 4 aromatic carbocycles. The largest absolute Gasteiger partial charge is 0.490 e. The van der Waals surface area contributed by atoms with Gasteiger partial charge in [0.2, 0.25) is 5.82 Å². The third kappa shape index (κ3) is 5.95. The Morgan fingerprint density at radius 2 is 1.91 bits per heavy atom. The molecule has 0 unspecified atom stereocenters. The number of furan rings is 1. The number of hydrogen-bond donors (Lipinski definition) is 1. The van der Waals surface area contributed by atoms with Gasteiger partial charge in [-0.25, -0.2) is 9.78 Å². The van der Waals surface area contributed by atoms with Crippen LogP contribution in [-0.2, 0) is 6.61 Å². The van der Waals surface area contributed by atoms with Crippen LogP contribution in [0.2, 0.25) is 5.02 Å². The van der Waals surface area contributed by atoms with Crippen molar-refractivity contribution in [2.75, 3.05) is 6.61 Å². The molecule has 6 aromatic rings. The maximum Gasteiger partial charge on any atom is 0.335 e. The highest BCUT2D eigenvalue weighted by Gasteiger charge is 2.18. The molecule has 0 bridgehead atoms. The molecule has 0 aliphatic carbocycles. The van der Waals surface area contributed by atoms with Crippen molar-refractivity contribution in [2.45, 2.75) is 13.5 Å². The Hall–Kier alpha value is -4.93. The van der Waals surface area contributed by atoms with E-state index in [4.69, 9.17) is 30.5 Å². The van der Waals surface area contributed by atoms with Crippen molar-refractivity contribution in [3.63, 3.8) is 0 Å². The topological polar surface area (TPSA) is 116 Å². The first kappa shape index (κ1) is 29.2. The maximum absolute atomic E-state index is 13.6. The van der Waals surface area contributed by atoms with E-state index >= 15 is 0 Å². The van der Waals surface area contributed by atoms with Crippen LogP contribution in [0.4, 0.5) is 0 Å². The zero-order valence-corrected chi connectivity index (χ0v) is 25.5. The molecule has 0 amide bonds. The number of carbonyl (C=O) groups is 1. The van der Waals surface area contributed by atoms with Gasteiger partial charge in [0.25, 0.3) is 5.56 Å². The molecule has 2 heterocycles. The minimum absolute atomic E-state index is 0.0733. The molecule has 9 nitrogen and oxygen atoms in total. The second-order valence-electron chi connectivity index (χ2n) is 9.66. The SMILES string of the molecule is CCOc1cc(C=Nn2c(-c3cc4cc(Br)ccc4o3)nc3ccccc3c2=O)cc(Cl)c1OCc1cccc(C(=O)O)c1. The molecule has 44 heavy (non-hydrogen) atoms. The molecule has 220 valence electrons. The van der Waals surface area contributed by atoms with Crippen molar-refractivity contribution in [1.82, 2.24) is 9.66 Å². The number of ether oxygens (including phenoxy) is 2.